The topological polar surface area (TPSA) is 21.3 Å². The normalized spacial score (nSPS) is 29.8. The zero-order valence-electron chi connectivity index (χ0n) is 13.1. The van der Waals surface area contributed by atoms with Crippen LogP contribution in [-0.4, -0.2) is 25.3 Å². The second-order valence-corrected chi connectivity index (χ2v) is 6.07. The van der Waals surface area contributed by atoms with Gasteiger partial charge in [-0.2, -0.15) is 0 Å². The molecule has 4 atom stereocenters. The van der Waals surface area contributed by atoms with Crippen molar-refractivity contribution in [1.82, 2.24) is 5.32 Å². The quantitative estimate of drug-likeness (QED) is 0.742. The summed E-state index contributed by atoms with van der Waals surface area (Å²) in [4.78, 5) is 0. The Kier molecular flexibility index (Phi) is 6.65. The summed E-state index contributed by atoms with van der Waals surface area (Å²) in [6.07, 6.45) is 7.99. The van der Waals surface area contributed by atoms with E-state index in [1.54, 1.807) is 0 Å². The Morgan fingerprint density at radius 2 is 2.00 bits per heavy atom. The zero-order chi connectivity index (χ0) is 13.6. The van der Waals surface area contributed by atoms with Crippen LogP contribution < -0.4 is 5.32 Å². The number of hydrogen-bond donors (Lipinski definition) is 1. The van der Waals surface area contributed by atoms with Crippen LogP contribution in [0.25, 0.3) is 0 Å². The molecule has 1 aliphatic carbocycles. The predicted octanol–water partition coefficient (Wildman–Crippen LogP) is 4.00. The molecule has 1 fully saturated rings. The number of nitrogens with one attached hydrogen (secondary N) is 1. The molecule has 0 aliphatic heterocycles. The molecule has 0 aromatic rings. The van der Waals surface area contributed by atoms with Gasteiger partial charge in [0.15, 0.2) is 0 Å². The van der Waals surface area contributed by atoms with E-state index in [-0.39, 0.29) is 5.60 Å². The van der Waals surface area contributed by atoms with E-state index in [1.165, 1.54) is 32.1 Å². The van der Waals surface area contributed by atoms with Crippen molar-refractivity contribution in [3.05, 3.63) is 0 Å². The minimum atomic E-state index is -0.0101. The molecule has 1 N–H and O–H groups in total. The van der Waals surface area contributed by atoms with E-state index in [1.807, 2.05) is 0 Å². The highest BCUT2D eigenvalue weighted by atomic mass is 16.5. The first-order valence-corrected chi connectivity index (χ1v) is 7.92. The first-order chi connectivity index (χ1) is 8.61. The molecular weight excluding hydrogens is 222 g/mol. The highest BCUT2D eigenvalue weighted by Crippen LogP contribution is 2.37. The largest absolute Gasteiger partial charge is 0.374 e. The first-order valence-electron chi connectivity index (χ1n) is 7.92. The maximum Gasteiger partial charge on any atom is 0.0806 e. The fourth-order valence-electron chi connectivity index (χ4n) is 3.79. The van der Waals surface area contributed by atoms with Crippen LogP contribution in [0.4, 0.5) is 0 Å². The monoisotopic (exact) mass is 255 g/mol. The summed E-state index contributed by atoms with van der Waals surface area (Å²) >= 11 is 0. The van der Waals surface area contributed by atoms with Gasteiger partial charge in [-0.05, 0) is 52.0 Å². The van der Waals surface area contributed by atoms with Gasteiger partial charge in [0.25, 0.3) is 0 Å². The van der Waals surface area contributed by atoms with Crippen molar-refractivity contribution in [3.63, 3.8) is 0 Å². The molecule has 2 nitrogen and oxygen atoms in total. The third-order valence-corrected chi connectivity index (χ3v) is 5.02. The average Bonchev–Trinajstić information content (AvgIpc) is 2.40. The lowest BCUT2D eigenvalue weighted by Gasteiger charge is -2.44. The third-order valence-electron chi connectivity index (χ3n) is 5.02. The van der Waals surface area contributed by atoms with E-state index < -0.39 is 0 Å². The lowest BCUT2D eigenvalue weighted by atomic mass is 9.72. The molecule has 4 unspecified atom stereocenters. The van der Waals surface area contributed by atoms with E-state index >= 15 is 0 Å². The Hall–Kier alpha value is -0.0800. The molecule has 0 saturated heterocycles. The van der Waals surface area contributed by atoms with E-state index in [9.17, 15) is 0 Å². The molecule has 0 spiro atoms. The number of rotatable bonds is 7. The van der Waals surface area contributed by atoms with Crippen molar-refractivity contribution in [2.24, 2.45) is 11.8 Å². The second-order valence-electron chi connectivity index (χ2n) is 6.07. The Balaban J connectivity index is 2.74. The lowest BCUT2D eigenvalue weighted by Crippen LogP contribution is -2.54. The van der Waals surface area contributed by atoms with Gasteiger partial charge in [0.2, 0.25) is 0 Å². The fourth-order valence-corrected chi connectivity index (χ4v) is 3.79. The molecule has 0 radical (unpaired) electrons. The molecule has 1 rings (SSSR count). The molecule has 18 heavy (non-hydrogen) atoms. The average molecular weight is 255 g/mol. The first kappa shape index (κ1) is 16.0. The van der Waals surface area contributed by atoms with Gasteiger partial charge in [0.1, 0.15) is 0 Å². The molecular formula is C16H33NO. The van der Waals surface area contributed by atoms with Gasteiger partial charge in [-0.25, -0.2) is 0 Å². The molecule has 1 aliphatic rings. The summed E-state index contributed by atoms with van der Waals surface area (Å²) < 4.78 is 6.09. The Morgan fingerprint density at radius 3 is 2.50 bits per heavy atom. The van der Waals surface area contributed by atoms with Crippen molar-refractivity contribution in [2.75, 3.05) is 13.7 Å². The van der Waals surface area contributed by atoms with Crippen LogP contribution in [0.2, 0.25) is 0 Å². The van der Waals surface area contributed by atoms with Gasteiger partial charge in [-0.15, -0.1) is 0 Å². The molecule has 0 amide bonds. The van der Waals surface area contributed by atoms with Gasteiger partial charge in [0.05, 0.1) is 5.60 Å². The highest BCUT2D eigenvalue weighted by Gasteiger charge is 2.39. The van der Waals surface area contributed by atoms with Crippen LogP contribution in [0.15, 0.2) is 0 Å². The van der Waals surface area contributed by atoms with Gasteiger partial charge in [-0.1, -0.05) is 33.1 Å². The maximum atomic E-state index is 6.09. The Labute approximate surface area is 114 Å². The van der Waals surface area contributed by atoms with Gasteiger partial charge in [-0.3, -0.25) is 0 Å². The molecule has 1 saturated carbocycles. The Bertz CT molecular complexity index is 231. The van der Waals surface area contributed by atoms with Crippen LogP contribution in [0.3, 0.4) is 0 Å². The highest BCUT2D eigenvalue weighted by molar-refractivity contribution is 4.94. The van der Waals surface area contributed by atoms with Crippen molar-refractivity contribution >= 4 is 0 Å². The van der Waals surface area contributed by atoms with Gasteiger partial charge >= 0.3 is 0 Å². The van der Waals surface area contributed by atoms with Crippen LogP contribution in [0, 0.1) is 11.8 Å². The van der Waals surface area contributed by atoms with Gasteiger partial charge in [0, 0.05) is 12.6 Å². The van der Waals surface area contributed by atoms with E-state index in [0.717, 1.165) is 24.9 Å². The van der Waals surface area contributed by atoms with Crippen LogP contribution in [0.5, 0.6) is 0 Å². The summed E-state index contributed by atoms with van der Waals surface area (Å²) in [6, 6.07) is 0.497. The molecule has 0 aromatic carbocycles. The summed E-state index contributed by atoms with van der Waals surface area (Å²) in [5.74, 6) is 1.72. The standard InChI is InChI=1S/C16H33NO/c1-6-13-10-9-11-14(12-13)15(17-5)16(4,7-2)18-8-3/h13-15,17H,6-12H2,1-5H3. The molecule has 2 heteroatoms. The van der Waals surface area contributed by atoms with E-state index in [0.29, 0.717) is 6.04 Å². The summed E-state index contributed by atoms with van der Waals surface area (Å²) in [7, 11) is 2.10. The second kappa shape index (κ2) is 7.49. The van der Waals surface area contributed by atoms with Crippen LogP contribution in [-0.2, 0) is 4.74 Å². The SMILES string of the molecule is CCOC(C)(CC)C(NC)C1CCCC(CC)C1. The summed E-state index contributed by atoms with van der Waals surface area (Å²) in [5.41, 5.74) is -0.0101. The fraction of sp³-hybridized carbons (Fsp3) is 1.00. The number of hydrogen-bond acceptors (Lipinski definition) is 2. The Morgan fingerprint density at radius 1 is 1.28 bits per heavy atom. The zero-order valence-corrected chi connectivity index (χ0v) is 13.1. The van der Waals surface area contributed by atoms with Crippen molar-refractivity contribution < 1.29 is 4.74 Å². The molecule has 0 aromatic heterocycles. The lowest BCUT2D eigenvalue weighted by molar-refractivity contribution is -0.0734. The minimum Gasteiger partial charge on any atom is -0.374 e. The van der Waals surface area contributed by atoms with E-state index in [4.69, 9.17) is 4.74 Å². The maximum absolute atomic E-state index is 6.09. The minimum absolute atomic E-state index is 0.0101. The smallest absolute Gasteiger partial charge is 0.0806 e. The predicted molar refractivity (Wildman–Crippen MR) is 78.9 cm³/mol. The van der Waals surface area contributed by atoms with E-state index in [2.05, 4.69) is 40.1 Å². The number of likely N-dealkylation sites (N-methyl/N-ethyl adjacent to an activating group) is 1. The van der Waals surface area contributed by atoms with Gasteiger partial charge < -0.3 is 10.1 Å². The van der Waals surface area contributed by atoms with Crippen LogP contribution in [0.1, 0.15) is 66.2 Å². The van der Waals surface area contributed by atoms with Crippen molar-refractivity contribution in [2.45, 2.75) is 77.9 Å². The number of ether oxygens (including phenoxy) is 1. The van der Waals surface area contributed by atoms with Crippen molar-refractivity contribution in [1.29, 1.82) is 0 Å². The summed E-state index contributed by atoms with van der Waals surface area (Å²) in [5, 5.41) is 3.57. The molecule has 108 valence electrons. The third kappa shape index (κ3) is 3.71. The van der Waals surface area contributed by atoms with Crippen LogP contribution >= 0.6 is 0 Å². The molecule has 0 heterocycles. The summed E-state index contributed by atoms with van der Waals surface area (Å²) in [6.45, 7) is 9.79. The van der Waals surface area contributed by atoms with Crippen molar-refractivity contribution in [3.8, 4) is 0 Å². The molecule has 0 bridgehead atoms.